The van der Waals surface area contributed by atoms with Gasteiger partial charge in [-0.3, -0.25) is 4.79 Å². The lowest BCUT2D eigenvalue weighted by Crippen LogP contribution is -2.42. The van der Waals surface area contributed by atoms with Crippen LogP contribution in [0.15, 0.2) is 23.1 Å². The van der Waals surface area contributed by atoms with Crippen LogP contribution in [0.4, 0.5) is 8.78 Å². The van der Waals surface area contributed by atoms with E-state index in [1.54, 1.807) is 0 Å². The molecule has 8 heteroatoms. The molecule has 0 unspecified atom stereocenters. The highest BCUT2D eigenvalue weighted by molar-refractivity contribution is 7.89. The number of carbonyl (C=O) groups is 1. The van der Waals surface area contributed by atoms with Crippen molar-refractivity contribution in [3.63, 3.8) is 0 Å². The zero-order valence-corrected chi connectivity index (χ0v) is 12.8. The third kappa shape index (κ3) is 4.74. The van der Waals surface area contributed by atoms with Gasteiger partial charge >= 0.3 is 0 Å². The summed E-state index contributed by atoms with van der Waals surface area (Å²) in [6.07, 6.45) is 4.99. The van der Waals surface area contributed by atoms with E-state index < -0.39 is 39.0 Å². The monoisotopic (exact) mass is 332 g/mol. The zero-order chi connectivity index (χ0) is 16.2. The van der Waals surface area contributed by atoms with Gasteiger partial charge in [0.25, 0.3) is 0 Å². The van der Waals surface area contributed by atoms with Gasteiger partial charge < -0.3 is 5.32 Å². The van der Waals surface area contributed by atoms with Gasteiger partial charge in [-0.25, -0.2) is 21.9 Å². The van der Waals surface area contributed by atoms with E-state index >= 15 is 0 Å². The van der Waals surface area contributed by atoms with E-state index in [4.69, 9.17) is 0 Å². The molecular formula is C14H18F2N2O3S. The van der Waals surface area contributed by atoms with Crippen LogP contribution in [0.3, 0.4) is 0 Å². The molecule has 1 aliphatic rings. The number of benzene rings is 1. The van der Waals surface area contributed by atoms with Crippen molar-refractivity contribution in [2.24, 2.45) is 0 Å². The van der Waals surface area contributed by atoms with Crippen molar-refractivity contribution in [3.8, 4) is 0 Å². The zero-order valence-electron chi connectivity index (χ0n) is 11.9. The average molecular weight is 332 g/mol. The second-order valence-electron chi connectivity index (χ2n) is 5.33. The summed E-state index contributed by atoms with van der Waals surface area (Å²) in [6, 6.07) is 2.04. The van der Waals surface area contributed by atoms with Crippen LogP contribution in [0, 0.1) is 11.6 Å². The van der Waals surface area contributed by atoms with Crippen LogP contribution in [-0.4, -0.2) is 26.9 Å². The predicted octanol–water partition coefficient (Wildman–Crippen LogP) is 1.69. The predicted molar refractivity (Wildman–Crippen MR) is 76.6 cm³/mol. The molecule has 1 saturated carbocycles. The number of hydrogen-bond donors (Lipinski definition) is 2. The first-order valence-corrected chi connectivity index (χ1v) is 8.60. The quantitative estimate of drug-likeness (QED) is 0.862. The SMILES string of the molecule is O=C(CNS(=O)(=O)c1cc(F)cc(F)c1)NC1CCCCC1. The first-order valence-electron chi connectivity index (χ1n) is 7.12. The van der Waals surface area contributed by atoms with Gasteiger partial charge in [-0.1, -0.05) is 19.3 Å². The first-order chi connectivity index (χ1) is 10.4. The highest BCUT2D eigenvalue weighted by Crippen LogP contribution is 2.17. The van der Waals surface area contributed by atoms with Gasteiger partial charge in [-0.05, 0) is 25.0 Å². The van der Waals surface area contributed by atoms with E-state index in [-0.39, 0.29) is 6.04 Å². The fourth-order valence-corrected chi connectivity index (χ4v) is 3.48. The minimum absolute atomic E-state index is 0.0670. The Kier molecular flexibility index (Phi) is 5.47. The van der Waals surface area contributed by atoms with E-state index in [1.165, 1.54) is 0 Å². The summed E-state index contributed by atoms with van der Waals surface area (Å²) in [6.45, 7) is -0.461. The Morgan fingerprint density at radius 1 is 1.09 bits per heavy atom. The molecule has 0 spiro atoms. The molecule has 5 nitrogen and oxygen atoms in total. The molecule has 2 N–H and O–H groups in total. The molecular weight excluding hydrogens is 314 g/mol. The first kappa shape index (κ1) is 16.8. The van der Waals surface area contributed by atoms with Crippen molar-refractivity contribution < 1.29 is 22.0 Å². The Morgan fingerprint density at radius 3 is 2.27 bits per heavy atom. The summed E-state index contributed by atoms with van der Waals surface area (Å²) in [5.41, 5.74) is 0. The molecule has 22 heavy (non-hydrogen) atoms. The van der Waals surface area contributed by atoms with Crippen molar-refractivity contribution in [1.82, 2.24) is 10.0 Å². The van der Waals surface area contributed by atoms with Crippen LogP contribution in [0.1, 0.15) is 32.1 Å². The molecule has 0 heterocycles. The van der Waals surface area contributed by atoms with Crippen LogP contribution in [0.25, 0.3) is 0 Å². The van der Waals surface area contributed by atoms with Crippen molar-refractivity contribution in [2.75, 3.05) is 6.54 Å². The topological polar surface area (TPSA) is 75.3 Å². The van der Waals surface area contributed by atoms with Crippen molar-refractivity contribution >= 4 is 15.9 Å². The van der Waals surface area contributed by atoms with Gasteiger partial charge in [0.05, 0.1) is 11.4 Å². The molecule has 0 saturated heterocycles. The van der Waals surface area contributed by atoms with Gasteiger partial charge in [0.15, 0.2) is 0 Å². The normalized spacial score (nSPS) is 16.5. The van der Waals surface area contributed by atoms with E-state index in [0.717, 1.165) is 32.1 Å². The maximum atomic E-state index is 13.1. The fraction of sp³-hybridized carbons (Fsp3) is 0.500. The summed E-state index contributed by atoms with van der Waals surface area (Å²) in [5, 5.41) is 2.75. The Morgan fingerprint density at radius 2 is 1.68 bits per heavy atom. The average Bonchev–Trinajstić information content (AvgIpc) is 2.45. The van der Waals surface area contributed by atoms with E-state index in [9.17, 15) is 22.0 Å². The highest BCUT2D eigenvalue weighted by Gasteiger charge is 2.20. The molecule has 122 valence electrons. The molecule has 1 aromatic carbocycles. The Bertz CT molecular complexity index is 623. The van der Waals surface area contributed by atoms with Crippen LogP contribution in [-0.2, 0) is 14.8 Å². The van der Waals surface area contributed by atoms with Gasteiger partial charge in [0.1, 0.15) is 11.6 Å². The summed E-state index contributed by atoms with van der Waals surface area (Å²) >= 11 is 0. The number of hydrogen-bond acceptors (Lipinski definition) is 3. The number of amides is 1. The standard InChI is InChI=1S/C14H18F2N2O3S/c15-10-6-11(16)8-13(7-10)22(20,21)17-9-14(19)18-12-4-2-1-3-5-12/h6-8,12,17H,1-5,9H2,(H,18,19). The second kappa shape index (κ2) is 7.15. The smallest absolute Gasteiger partial charge is 0.241 e. The van der Waals surface area contributed by atoms with E-state index in [0.29, 0.717) is 18.2 Å². The van der Waals surface area contributed by atoms with Gasteiger partial charge in [-0.15, -0.1) is 0 Å². The number of nitrogens with one attached hydrogen (secondary N) is 2. The lowest BCUT2D eigenvalue weighted by molar-refractivity contribution is -0.120. The molecule has 1 fully saturated rings. The number of halogens is 2. The van der Waals surface area contributed by atoms with Crippen molar-refractivity contribution in [2.45, 2.75) is 43.0 Å². The lowest BCUT2D eigenvalue weighted by atomic mass is 9.95. The van der Waals surface area contributed by atoms with Gasteiger partial charge in [0, 0.05) is 12.1 Å². The molecule has 2 rings (SSSR count). The van der Waals surface area contributed by atoms with Crippen LogP contribution >= 0.6 is 0 Å². The summed E-state index contributed by atoms with van der Waals surface area (Å²) < 4.78 is 52.0. The summed E-state index contributed by atoms with van der Waals surface area (Å²) in [4.78, 5) is 11.2. The molecule has 1 amide bonds. The molecule has 0 aliphatic heterocycles. The molecule has 1 aliphatic carbocycles. The second-order valence-corrected chi connectivity index (χ2v) is 7.10. The molecule has 0 atom stereocenters. The third-order valence-corrected chi connectivity index (χ3v) is 4.92. The largest absolute Gasteiger partial charge is 0.352 e. The van der Waals surface area contributed by atoms with E-state index in [2.05, 4.69) is 5.32 Å². The Hall–Kier alpha value is -1.54. The van der Waals surface area contributed by atoms with Gasteiger partial charge in [-0.2, -0.15) is 0 Å². The highest BCUT2D eigenvalue weighted by atomic mass is 32.2. The molecule has 0 radical (unpaired) electrons. The maximum absolute atomic E-state index is 13.1. The summed E-state index contributed by atoms with van der Waals surface area (Å²) in [7, 11) is -4.13. The number of rotatable bonds is 5. The fourth-order valence-electron chi connectivity index (χ4n) is 2.45. The third-order valence-electron chi connectivity index (χ3n) is 3.54. The molecule has 0 bridgehead atoms. The van der Waals surface area contributed by atoms with Crippen LogP contribution in [0.2, 0.25) is 0 Å². The Balaban J connectivity index is 1.92. The molecule has 1 aromatic rings. The summed E-state index contributed by atoms with van der Waals surface area (Å²) in [5.74, 6) is -2.44. The number of carbonyl (C=O) groups excluding carboxylic acids is 1. The van der Waals surface area contributed by atoms with E-state index in [1.807, 2.05) is 4.72 Å². The minimum Gasteiger partial charge on any atom is -0.352 e. The Labute approximate surface area is 128 Å². The molecule has 0 aromatic heterocycles. The number of sulfonamides is 1. The minimum atomic E-state index is -4.13. The van der Waals surface area contributed by atoms with Crippen LogP contribution in [0.5, 0.6) is 0 Å². The maximum Gasteiger partial charge on any atom is 0.241 e. The van der Waals surface area contributed by atoms with Crippen molar-refractivity contribution in [1.29, 1.82) is 0 Å². The lowest BCUT2D eigenvalue weighted by Gasteiger charge is -2.22. The van der Waals surface area contributed by atoms with Crippen LogP contribution < -0.4 is 10.0 Å². The van der Waals surface area contributed by atoms with Crippen molar-refractivity contribution in [3.05, 3.63) is 29.8 Å². The van der Waals surface area contributed by atoms with Gasteiger partial charge in [0.2, 0.25) is 15.9 Å².